The molecule has 1 aromatic carbocycles. The van der Waals surface area contributed by atoms with Gasteiger partial charge in [-0.05, 0) is 58.0 Å². The van der Waals surface area contributed by atoms with E-state index in [-0.39, 0.29) is 6.42 Å². The van der Waals surface area contributed by atoms with Gasteiger partial charge < -0.3 is 15.7 Å². The van der Waals surface area contributed by atoms with Crippen LogP contribution in [-0.4, -0.2) is 58.2 Å². The van der Waals surface area contributed by atoms with Gasteiger partial charge in [-0.1, -0.05) is 17.9 Å². The summed E-state index contributed by atoms with van der Waals surface area (Å²) in [5.41, 5.74) is 7.51. The molecule has 1 aliphatic carbocycles. The van der Waals surface area contributed by atoms with E-state index in [1.165, 1.54) is 0 Å². The Morgan fingerprint density at radius 1 is 1.38 bits per heavy atom. The first-order valence-corrected chi connectivity index (χ1v) is 9.70. The fourth-order valence-corrected chi connectivity index (χ4v) is 3.45. The van der Waals surface area contributed by atoms with E-state index in [2.05, 4.69) is 16.9 Å². The molecular weight excluding hydrogens is 368 g/mol. The Bertz CT molecular complexity index is 984. The van der Waals surface area contributed by atoms with Gasteiger partial charge in [0.1, 0.15) is 0 Å². The molecule has 0 unspecified atom stereocenters. The number of benzene rings is 1. The Morgan fingerprint density at radius 2 is 2.14 bits per heavy atom. The summed E-state index contributed by atoms with van der Waals surface area (Å²) in [6.45, 7) is 0.541. The van der Waals surface area contributed by atoms with Gasteiger partial charge in [0, 0.05) is 29.8 Å². The first kappa shape index (κ1) is 20.8. The molecule has 29 heavy (non-hydrogen) atoms. The smallest absolute Gasteiger partial charge is 0.269 e. The number of nitrogens with zero attached hydrogens (tertiary/aromatic N) is 3. The Hall–Kier alpha value is -2.95. The number of rotatable bonds is 6. The minimum absolute atomic E-state index is 0.227. The third-order valence-corrected chi connectivity index (χ3v) is 5.06. The van der Waals surface area contributed by atoms with E-state index in [9.17, 15) is 14.7 Å². The van der Waals surface area contributed by atoms with Crippen molar-refractivity contribution in [2.75, 3.05) is 20.6 Å². The number of aliphatic hydroxyl groups is 1. The lowest BCUT2D eigenvalue weighted by Crippen LogP contribution is -2.33. The maximum atomic E-state index is 11.8. The molecule has 0 spiro atoms. The lowest BCUT2D eigenvalue weighted by Gasteiger charge is -2.17. The van der Waals surface area contributed by atoms with Crippen molar-refractivity contribution in [3.05, 3.63) is 46.8 Å². The average Bonchev–Trinajstić information content (AvgIpc) is 3.11. The molecule has 1 amide bonds. The van der Waals surface area contributed by atoms with Crippen LogP contribution in [0.2, 0.25) is 0 Å². The van der Waals surface area contributed by atoms with Crippen molar-refractivity contribution in [3.63, 3.8) is 0 Å². The van der Waals surface area contributed by atoms with Gasteiger partial charge in [0.05, 0.1) is 5.69 Å². The standard InChI is InChI=1S/C22H26N4O3/c1-25(2)13-12-22(29,15-27)11-10-16-6-5-7-17(14-16)26-19-9-4-3-8-18(19)20(24-26)21(23)28/h5-7,14-15,29H,3-4,8-9,12-13H2,1-2H3,(H2,23,28)/t22-/m0/s1. The van der Waals surface area contributed by atoms with Gasteiger partial charge in [0.15, 0.2) is 17.6 Å². The molecule has 0 radical (unpaired) electrons. The van der Waals surface area contributed by atoms with Crippen LogP contribution in [0.15, 0.2) is 24.3 Å². The average molecular weight is 394 g/mol. The number of aromatic nitrogens is 2. The van der Waals surface area contributed by atoms with Crippen molar-refractivity contribution in [3.8, 4) is 17.5 Å². The first-order valence-electron chi connectivity index (χ1n) is 9.70. The number of hydrogen-bond acceptors (Lipinski definition) is 5. The van der Waals surface area contributed by atoms with Crippen molar-refractivity contribution in [2.24, 2.45) is 5.73 Å². The SMILES string of the molecule is CN(C)CC[C@@](O)(C#Cc1cccc(-n2nc(C(N)=O)c3c2CCCC3)c1)C=O. The molecule has 0 fully saturated rings. The number of carbonyl (C=O) groups excluding carboxylic acids is 2. The maximum Gasteiger partial charge on any atom is 0.269 e. The van der Waals surface area contributed by atoms with E-state index >= 15 is 0 Å². The van der Waals surface area contributed by atoms with Crippen LogP contribution in [0, 0.1) is 11.8 Å². The molecule has 0 saturated heterocycles. The quantitative estimate of drug-likeness (QED) is 0.564. The lowest BCUT2D eigenvalue weighted by atomic mass is 9.95. The van der Waals surface area contributed by atoms with Gasteiger partial charge in [0.25, 0.3) is 5.91 Å². The van der Waals surface area contributed by atoms with Crippen LogP contribution >= 0.6 is 0 Å². The molecule has 152 valence electrons. The zero-order chi connectivity index (χ0) is 21.0. The van der Waals surface area contributed by atoms with Crippen LogP contribution in [0.3, 0.4) is 0 Å². The van der Waals surface area contributed by atoms with Gasteiger partial charge in [-0.15, -0.1) is 0 Å². The third-order valence-electron chi connectivity index (χ3n) is 5.06. The highest BCUT2D eigenvalue weighted by molar-refractivity contribution is 5.92. The van der Waals surface area contributed by atoms with Crippen LogP contribution < -0.4 is 5.73 Å². The second-order valence-corrected chi connectivity index (χ2v) is 7.65. The first-order chi connectivity index (χ1) is 13.8. The summed E-state index contributed by atoms with van der Waals surface area (Å²) < 4.78 is 1.76. The summed E-state index contributed by atoms with van der Waals surface area (Å²) in [6.07, 6.45) is 4.39. The largest absolute Gasteiger partial charge is 0.371 e. The van der Waals surface area contributed by atoms with Gasteiger partial charge in [-0.2, -0.15) is 5.10 Å². The number of amides is 1. The zero-order valence-corrected chi connectivity index (χ0v) is 16.8. The number of nitrogens with two attached hydrogens (primary N) is 1. The predicted octanol–water partition coefficient (Wildman–Crippen LogP) is 1.08. The summed E-state index contributed by atoms with van der Waals surface area (Å²) in [7, 11) is 3.74. The molecule has 2 aromatic rings. The van der Waals surface area contributed by atoms with Gasteiger partial charge in [-0.25, -0.2) is 4.68 Å². The van der Waals surface area contributed by atoms with Crippen molar-refractivity contribution < 1.29 is 14.7 Å². The minimum atomic E-state index is -1.69. The number of primary amides is 1. The molecule has 1 aliphatic rings. The Labute approximate surface area is 170 Å². The van der Waals surface area contributed by atoms with Crippen molar-refractivity contribution in [2.45, 2.75) is 37.7 Å². The molecule has 1 aromatic heterocycles. The Kier molecular flexibility index (Phi) is 6.16. The van der Waals surface area contributed by atoms with E-state index in [4.69, 9.17) is 5.73 Å². The van der Waals surface area contributed by atoms with Gasteiger partial charge in [-0.3, -0.25) is 9.59 Å². The summed E-state index contributed by atoms with van der Waals surface area (Å²) in [5.74, 6) is 5.07. The minimum Gasteiger partial charge on any atom is -0.371 e. The topological polar surface area (TPSA) is 101 Å². The molecule has 1 heterocycles. The normalized spacial score (nSPS) is 15.2. The second kappa shape index (κ2) is 8.60. The number of hydrogen-bond donors (Lipinski definition) is 2. The van der Waals surface area contributed by atoms with Crippen LogP contribution in [-0.2, 0) is 17.6 Å². The van der Waals surface area contributed by atoms with Crippen LogP contribution in [0.1, 0.15) is 46.6 Å². The number of aldehydes is 1. The summed E-state index contributed by atoms with van der Waals surface area (Å²) in [5, 5.41) is 14.9. The molecule has 3 rings (SSSR count). The molecule has 7 heteroatoms. The van der Waals surface area contributed by atoms with Gasteiger partial charge in [0.2, 0.25) is 0 Å². The van der Waals surface area contributed by atoms with Crippen molar-refractivity contribution >= 4 is 12.2 Å². The molecule has 1 atom stereocenters. The molecule has 0 bridgehead atoms. The molecule has 0 aliphatic heterocycles. The fourth-order valence-electron chi connectivity index (χ4n) is 3.45. The molecule has 3 N–H and O–H groups in total. The zero-order valence-electron chi connectivity index (χ0n) is 16.8. The van der Waals surface area contributed by atoms with E-state index < -0.39 is 11.5 Å². The van der Waals surface area contributed by atoms with Crippen LogP contribution in [0.4, 0.5) is 0 Å². The van der Waals surface area contributed by atoms with Gasteiger partial charge >= 0.3 is 0 Å². The number of carbonyl (C=O) groups is 2. The van der Waals surface area contributed by atoms with Crippen LogP contribution in [0.5, 0.6) is 0 Å². The molecular formula is C22H26N4O3. The summed E-state index contributed by atoms with van der Waals surface area (Å²) in [4.78, 5) is 25.0. The van der Waals surface area contributed by atoms with Crippen molar-refractivity contribution in [1.82, 2.24) is 14.7 Å². The maximum absolute atomic E-state index is 11.8. The highest BCUT2D eigenvalue weighted by Crippen LogP contribution is 2.27. The summed E-state index contributed by atoms with van der Waals surface area (Å²) >= 11 is 0. The van der Waals surface area contributed by atoms with Crippen molar-refractivity contribution in [1.29, 1.82) is 0 Å². The fraction of sp³-hybridized carbons (Fsp3) is 0.409. The van der Waals surface area contributed by atoms with E-state index in [0.717, 1.165) is 42.6 Å². The van der Waals surface area contributed by atoms with E-state index in [1.54, 1.807) is 10.7 Å². The third kappa shape index (κ3) is 4.73. The van der Waals surface area contributed by atoms with Crippen LogP contribution in [0.25, 0.3) is 5.69 Å². The van der Waals surface area contributed by atoms with E-state index in [1.807, 2.05) is 37.2 Å². The molecule has 7 nitrogen and oxygen atoms in total. The summed E-state index contributed by atoms with van der Waals surface area (Å²) in [6, 6.07) is 7.35. The number of fused-ring (bicyclic) bond motifs is 1. The lowest BCUT2D eigenvalue weighted by molar-refractivity contribution is -0.119. The predicted molar refractivity (Wildman–Crippen MR) is 110 cm³/mol. The molecule has 0 saturated carbocycles. The monoisotopic (exact) mass is 394 g/mol. The second-order valence-electron chi connectivity index (χ2n) is 7.65. The highest BCUT2D eigenvalue weighted by Gasteiger charge is 2.25. The Morgan fingerprint density at radius 3 is 2.83 bits per heavy atom. The van der Waals surface area contributed by atoms with E-state index in [0.29, 0.717) is 24.1 Å². The highest BCUT2D eigenvalue weighted by atomic mass is 16.3. The Balaban J connectivity index is 1.94.